The van der Waals surface area contributed by atoms with Gasteiger partial charge < -0.3 is 9.64 Å². The lowest BCUT2D eigenvalue weighted by molar-refractivity contribution is -0.134. The average molecular weight is 342 g/mol. The maximum atomic E-state index is 13.8. The maximum absolute atomic E-state index is 13.8. The van der Waals surface area contributed by atoms with E-state index in [1.165, 1.54) is 12.1 Å². The van der Waals surface area contributed by atoms with Crippen LogP contribution in [0.5, 0.6) is 5.75 Å². The minimum absolute atomic E-state index is 0.0708. The monoisotopic (exact) mass is 342 g/mol. The number of amides is 1. The van der Waals surface area contributed by atoms with Crippen molar-refractivity contribution in [2.75, 3.05) is 6.61 Å². The van der Waals surface area contributed by atoms with Crippen LogP contribution in [-0.2, 0) is 11.3 Å². The van der Waals surface area contributed by atoms with Gasteiger partial charge in [-0.2, -0.15) is 5.26 Å². The van der Waals surface area contributed by atoms with E-state index in [-0.39, 0.29) is 30.7 Å². The van der Waals surface area contributed by atoms with Gasteiger partial charge in [-0.3, -0.25) is 4.79 Å². The van der Waals surface area contributed by atoms with Gasteiger partial charge in [-0.15, -0.1) is 0 Å². The fraction of sp³-hybridized carbons (Fsp3) is 0.263. The van der Waals surface area contributed by atoms with Crippen LogP contribution in [0.3, 0.4) is 0 Å². The standard InChI is InChI=1S/C19H16F2N2O2/c20-15-4-3-14(18(21)9-15)11-23(16-5-6-16)19(24)12-25-17-7-1-13(10-22)2-8-17/h1-4,7-9,16H,5-6,11-12H2. The number of carbonyl (C=O) groups is 1. The second-order valence-corrected chi connectivity index (χ2v) is 5.91. The summed E-state index contributed by atoms with van der Waals surface area (Å²) in [5.41, 5.74) is 0.782. The summed E-state index contributed by atoms with van der Waals surface area (Å²) in [5, 5.41) is 8.76. The fourth-order valence-corrected chi connectivity index (χ4v) is 2.49. The van der Waals surface area contributed by atoms with E-state index in [0.717, 1.165) is 18.9 Å². The molecule has 0 saturated heterocycles. The van der Waals surface area contributed by atoms with Gasteiger partial charge in [-0.25, -0.2) is 8.78 Å². The zero-order valence-corrected chi connectivity index (χ0v) is 13.4. The van der Waals surface area contributed by atoms with Crippen LogP contribution in [0.15, 0.2) is 42.5 Å². The SMILES string of the molecule is N#Cc1ccc(OCC(=O)N(Cc2ccc(F)cc2F)C2CC2)cc1. The Morgan fingerprint density at radius 3 is 2.52 bits per heavy atom. The zero-order valence-electron chi connectivity index (χ0n) is 13.4. The van der Waals surface area contributed by atoms with Gasteiger partial charge in [-0.1, -0.05) is 6.07 Å². The molecule has 1 aliphatic rings. The van der Waals surface area contributed by atoms with E-state index in [9.17, 15) is 13.6 Å². The Bertz CT molecular complexity index is 811. The highest BCUT2D eigenvalue weighted by atomic mass is 19.1. The molecule has 25 heavy (non-hydrogen) atoms. The van der Waals surface area contributed by atoms with Gasteiger partial charge in [0.05, 0.1) is 11.6 Å². The van der Waals surface area contributed by atoms with Crippen molar-refractivity contribution in [3.63, 3.8) is 0 Å². The van der Waals surface area contributed by atoms with Crippen molar-refractivity contribution in [2.24, 2.45) is 0 Å². The second-order valence-electron chi connectivity index (χ2n) is 5.91. The van der Waals surface area contributed by atoms with Crippen molar-refractivity contribution in [3.05, 3.63) is 65.2 Å². The summed E-state index contributed by atoms with van der Waals surface area (Å²) in [7, 11) is 0. The molecule has 0 unspecified atom stereocenters. The van der Waals surface area contributed by atoms with Crippen LogP contribution in [-0.4, -0.2) is 23.5 Å². The fourth-order valence-electron chi connectivity index (χ4n) is 2.49. The summed E-state index contributed by atoms with van der Waals surface area (Å²) in [6, 6.07) is 11.9. The topological polar surface area (TPSA) is 53.3 Å². The molecule has 0 aliphatic heterocycles. The zero-order chi connectivity index (χ0) is 17.8. The Kier molecular flexibility index (Phi) is 4.94. The third kappa shape index (κ3) is 4.32. The van der Waals surface area contributed by atoms with Crippen molar-refractivity contribution >= 4 is 5.91 Å². The van der Waals surface area contributed by atoms with Gasteiger partial charge in [-0.05, 0) is 43.2 Å². The Morgan fingerprint density at radius 2 is 1.92 bits per heavy atom. The lowest BCUT2D eigenvalue weighted by atomic mass is 10.2. The summed E-state index contributed by atoms with van der Waals surface area (Å²) in [4.78, 5) is 14.0. The molecule has 1 amide bonds. The van der Waals surface area contributed by atoms with Crippen LogP contribution >= 0.6 is 0 Å². The summed E-state index contributed by atoms with van der Waals surface area (Å²) in [6.07, 6.45) is 1.73. The van der Waals surface area contributed by atoms with Crippen LogP contribution in [0.4, 0.5) is 8.78 Å². The summed E-state index contributed by atoms with van der Waals surface area (Å²) < 4.78 is 32.3. The quantitative estimate of drug-likeness (QED) is 0.808. The highest BCUT2D eigenvalue weighted by Crippen LogP contribution is 2.29. The minimum Gasteiger partial charge on any atom is -0.484 e. The summed E-state index contributed by atoms with van der Waals surface area (Å²) >= 11 is 0. The molecule has 1 fully saturated rings. The van der Waals surface area contributed by atoms with E-state index in [2.05, 4.69) is 0 Å². The summed E-state index contributed by atoms with van der Waals surface area (Å²) in [5.74, 6) is -1.08. The van der Waals surface area contributed by atoms with Crippen molar-refractivity contribution in [2.45, 2.75) is 25.4 Å². The van der Waals surface area contributed by atoms with Crippen LogP contribution in [0.1, 0.15) is 24.0 Å². The van der Waals surface area contributed by atoms with Crippen LogP contribution in [0.2, 0.25) is 0 Å². The Balaban J connectivity index is 1.63. The van der Waals surface area contributed by atoms with Gasteiger partial charge in [0.2, 0.25) is 0 Å². The van der Waals surface area contributed by atoms with E-state index < -0.39 is 11.6 Å². The molecule has 6 heteroatoms. The molecule has 0 heterocycles. The molecular formula is C19H16F2N2O2. The first-order chi connectivity index (χ1) is 12.1. The average Bonchev–Trinajstić information content (AvgIpc) is 3.44. The first-order valence-corrected chi connectivity index (χ1v) is 7.93. The Morgan fingerprint density at radius 1 is 1.20 bits per heavy atom. The number of ether oxygens (including phenoxy) is 1. The highest BCUT2D eigenvalue weighted by Gasteiger charge is 2.33. The molecule has 0 bridgehead atoms. The van der Waals surface area contributed by atoms with E-state index in [4.69, 9.17) is 10.00 Å². The summed E-state index contributed by atoms with van der Waals surface area (Å²) in [6.45, 7) is -0.0858. The number of hydrogen-bond donors (Lipinski definition) is 0. The third-order valence-electron chi connectivity index (χ3n) is 4.01. The van der Waals surface area contributed by atoms with Gasteiger partial charge in [0, 0.05) is 24.2 Å². The smallest absolute Gasteiger partial charge is 0.261 e. The maximum Gasteiger partial charge on any atom is 0.261 e. The number of carbonyl (C=O) groups excluding carboxylic acids is 1. The second kappa shape index (κ2) is 7.31. The van der Waals surface area contributed by atoms with Gasteiger partial charge in [0.25, 0.3) is 5.91 Å². The molecule has 0 atom stereocenters. The van der Waals surface area contributed by atoms with Crippen molar-refractivity contribution < 1.29 is 18.3 Å². The largest absolute Gasteiger partial charge is 0.484 e. The Labute approximate surface area is 144 Å². The van der Waals surface area contributed by atoms with Gasteiger partial charge in [0.15, 0.2) is 6.61 Å². The normalized spacial score (nSPS) is 13.2. The molecule has 2 aromatic rings. The van der Waals surface area contributed by atoms with Crippen LogP contribution < -0.4 is 4.74 Å². The van der Waals surface area contributed by atoms with Crippen LogP contribution in [0.25, 0.3) is 0 Å². The van der Waals surface area contributed by atoms with Gasteiger partial charge >= 0.3 is 0 Å². The number of benzene rings is 2. The molecule has 0 aromatic heterocycles. The Hall–Kier alpha value is -2.94. The van der Waals surface area contributed by atoms with E-state index in [1.54, 1.807) is 29.2 Å². The molecule has 2 aromatic carbocycles. The molecular weight excluding hydrogens is 326 g/mol. The number of nitrogens with zero attached hydrogens (tertiary/aromatic N) is 2. The predicted octanol–water partition coefficient (Wildman–Crippen LogP) is 3.41. The molecule has 4 nitrogen and oxygen atoms in total. The number of hydrogen-bond acceptors (Lipinski definition) is 3. The lowest BCUT2D eigenvalue weighted by Gasteiger charge is -2.23. The van der Waals surface area contributed by atoms with Crippen LogP contribution in [0, 0.1) is 23.0 Å². The minimum atomic E-state index is -0.661. The van der Waals surface area contributed by atoms with E-state index in [1.807, 2.05) is 6.07 Å². The molecule has 1 saturated carbocycles. The number of rotatable bonds is 6. The molecule has 0 spiro atoms. The van der Waals surface area contributed by atoms with Gasteiger partial charge in [0.1, 0.15) is 17.4 Å². The first-order valence-electron chi connectivity index (χ1n) is 7.93. The molecule has 0 N–H and O–H groups in total. The highest BCUT2D eigenvalue weighted by molar-refractivity contribution is 5.78. The molecule has 0 radical (unpaired) electrons. The first kappa shape index (κ1) is 16.9. The lowest BCUT2D eigenvalue weighted by Crippen LogP contribution is -2.36. The van der Waals surface area contributed by atoms with E-state index >= 15 is 0 Å². The van der Waals surface area contributed by atoms with Crippen molar-refractivity contribution in [1.29, 1.82) is 5.26 Å². The number of nitriles is 1. The van der Waals surface area contributed by atoms with Crippen molar-refractivity contribution in [1.82, 2.24) is 4.90 Å². The molecule has 1 aliphatic carbocycles. The third-order valence-corrected chi connectivity index (χ3v) is 4.01. The molecule has 128 valence electrons. The molecule has 3 rings (SSSR count). The predicted molar refractivity (Wildman–Crippen MR) is 86.6 cm³/mol. The van der Waals surface area contributed by atoms with E-state index in [0.29, 0.717) is 11.3 Å². The van der Waals surface area contributed by atoms with Crippen molar-refractivity contribution in [3.8, 4) is 11.8 Å². The number of halogens is 2.